The largest absolute Gasteiger partial charge is 0.390 e. The van der Waals surface area contributed by atoms with Gasteiger partial charge >= 0.3 is 0 Å². The number of fused-ring (bicyclic) bond motifs is 1. The number of anilines is 1. The second-order valence-corrected chi connectivity index (χ2v) is 4.88. The minimum Gasteiger partial charge on any atom is -0.390 e. The van der Waals surface area contributed by atoms with Gasteiger partial charge in [0.2, 0.25) is 5.28 Å². The minimum absolute atomic E-state index is 0.0670. The van der Waals surface area contributed by atoms with Crippen molar-refractivity contribution in [2.24, 2.45) is 0 Å². The Hall–Kier alpha value is -1.44. The summed E-state index contributed by atoms with van der Waals surface area (Å²) in [7, 11) is 0. The Balaban J connectivity index is 2.02. The van der Waals surface area contributed by atoms with Crippen LogP contribution in [0.5, 0.6) is 0 Å². The normalized spacial score (nSPS) is 27.2. The van der Waals surface area contributed by atoms with Gasteiger partial charge in [-0.3, -0.25) is 4.57 Å². The van der Waals surface area contributed by atoms with E-state index in [0.717, 1.165) is 6.42 Å². The number of aliphatic hydroxyl groups excluding tert-OH is 1. The number of nitrogens with zero attached hydrogens (tertiary/aromatic N) is 4. The molecule has 7 nitrogen and oxygen atoms in total. The molecule has 0 aromatic carbocycles. The molecule has 8 heteroatoms. The maximum Gasteiger partial charge on any atom is 0.226 e. The number of nitrogen functional groups attached to an aromatic ring is 1. The molecule has 3 N–H and O–H groups in total. The first kappa shape index (κ1) is 12.6. The lowest BCUT2D eigenvalue weighted by Crippen LogP contribution is -2.19. The van der Waals surface area contributed by atoms with Gasteiger partial charge in [-0.15, -0.1) is 0 Å². The van der Waals surface area contributed by atoms with Gasteiger partial charge < -0.3 is 15.6 Å². The third-order valence-electron chi connectivity index (χ3n) is 3.34. The van der Waals surface area contributed by atoms with Gasteiger partial charge in [0.1, 0.15) is 11.7 Å². The van der Waals surface area contributed by atoms with Gasteiger partial charge in [0.25, 0.3) is 0 Å². The summed E-state index contributed by atoms with van der Waals surface area (Å²) in [4.78, 5) is 12.2. The van der Waals surface area contributed by atoms with Crippen LogP contribution in [-0.2, 0) is 4.74 Å². The lowest BCUT2D eigenvalue weighted by atomic mass is 10.1. The number of hydrogen-bond donors (Lipinski definition) is 2. The van der Waals surface area contributed by atoms with E-state index >= 15 is 0 Å². The fourth-order valence-electron chi connectivity index (χ4n) is 2.38. The first-order chi connectivity index (χ1) is 9.10. The average molecular weight is 284 g/mol. The summed E-state index contributed by atoms with van der Waals surface area (Å²) >= 11 is 5.81. The van der Waals surface area contributed by atoms with E-state index in [0.29, 0.717) is 17.6 Å². The molecule has 3 unspecified atom stereocenters. The number of imidazole rings is 1. The van der Waals surface area contributed by atoms with E-state index in [1.54, 1.807) is 10.9 Å². The van der Waals surface area contributed by atoms with Crippen LogP contribution in [0.15, 0.2) is 6.33 Å². The molecule has 1 saturated heterocycles. The number of aliphatic hydroxyl groups is 1. The van der Waals surface area contributed by atoms with Crippen LogP contribution in [0.25, 0.3) is 11.2 Å². The summed E-state index contributed by atoms with van der Waals surface area (Å²) in [6.45, 7) is 1.97. The van der Waals surface area contributed by atoms with Crippen LogP contribution in [0.1, 0.15) is 26.0 Å². The average Bonchev–Trinajstić information content (AvgIpc) is 2.92. The van der Waals surface area contributed by atoms with Gasteiger partial charge in [-0.1, -0.05) is 6.92 Å². The van der Waals surface area contributed by atoms with Crippen molar-refractivity contribution in [3.8, 4) is 0 Å². The Kier molecular flexibility index (Phi) is 3.04. The topological polar surface area (TPSA) is 99.1 Å². The molecule has 3 heterocycles. The molecule has 0 aliphatic carbocycles. The highest BCUT2D eigenvalue weighted by molar-refractivity contribution is 6.28. The van der Waals surface area contributed by atoms with Crippen molar-refractivity contribution in [3.05, 3.63) is 11.6 Å². The third-order valence-corrected chi connectivity index (χ3v) is 3.51. The molecule has 2 aromatic heterocycles. The molecule has 0 radical (unpaired) electrons. The van der Waals surface area contributed by atoms with Crippen molar-refractivity contribution >= 4 is 28.6 Å². The van der Waals surface area contributed by atoms with Crippen LogP contribution < -0.4 is 5.73 Å². The Morgan fingerprint density at radius 3 is 3.05 bits per heavy atom. The zero-order valence-corrected chi connectivity index (χ0v) is 11.1. The molecule has 1 fully saturated rings. The molecule has 102 valence electrons. The quantitative estimate of drug-likeness (QED) is 0.801. The monoisotopic (exact) mass is 283 g/mol. The van der Waals surface area contributed by atoms with E-state index < -0.39 is 6.10 Å². The van der Waals surface area contributed by atoms with Crippen LogP contribution in [0, 0.1) is 0 Å². The second-order valence-electron chi connectivity index (χ2n) is 4.54. The van der Waals surface area contributed by atoms with Crippen LogP contribution in [-0.4, -0.2) is 36.8 Å². The second kappa shape index (κ2) is 4.59. The predicted molar refractivity (Wildman–Crippen MR) is 69.6 cm³/mol. The van der Waals surface area contributed by atoms with E-state index in [4.69, 9.17) is 22.1 Å². The van der Waals surface area contributed by atoms with Crippen molar-refractivity contribution in [2.45, 2.75) is 38.2 Å². The standard InChI is InChI=1S/C11H14ClN5O2/c1-2-6-5(18)3-7(19-6)17-4-14-8-9(13)15-11(12)16-10(8)17/h4-7,18H,2-3H2,1H3,(H2,13,15,16). The third kappa shape index (κ3) is 2.03. The van der Waals surface area contributed by atoms with Gasteiger partial charge in [0.05, 0.1) is 18.5 Å². The van der Waals surface area contributed by atoms with Gasteiger partial charge in [0, 0.05) is 6.42 Å². The molecule has 19 heavy (non-hydrogen) atoms. The predicted octanol–water partition coefficient (Wildman–Crippen LogP) is 1.12. The summed E-state index contributed by atoms with van der Waals surface area (Å²) in [5.41, 5.74) is 6.76. The van der Waals surface area contributed by atoms with Gasteiger partial charge in [-0.05, 0) is 18.0 Å². The zero-order valence-electron chi connectivity index (χ0n) is 10.3. The van der Waals surface area contributed by atoms with Crippen molar-refractivity contribution in [1.82, 2.24) is 19.5 Å². The maximum absolute atomic E-state index is 9.90. The highest BCUT2D eigenvalue weighted by Crippen LogP contribution is 2.32. The summed E-state index contributed by atoms with van der Waals surface area (Å²) in [6.07, 6.45) is 1.87. The van der Waals surface area contributed by atoms with E-state index in [1.807, 2.05) is 6.92 Å². The molecule has 0 saturated carbocycles. The molecule has 2 aromatic rings. The fraction of sp³-hybridized carbons (Fsp3) is 0.545. The summed E-state index contributed by atoms with van der Waals surface area (Å²) in [6, 6.07) is 0. The molecule has 3 rings (SSSR count). The van der Waals surface area contributed by atoms with Crippen LogP contribution in [0.3, 0.4) is 0 Å². The van der Waals surface area contributed by atoms with Gasteiger partial charge in [0.15, 0.2) is 11.5 Å². The van der Waals surface area contributed by atoms with Gasteiger partial charge in [-0.25, -0.2) is 4.98 Å². The molecular weight excluding hydrogens is 270 g/mol. The highest BCUT2D eigenvalue weighted by Gasteiger charge is 2.34. The number of aromatic nitrogens is 4. The molecule has 1 aliphatic heterocycles. The molecule has 3 atom stereocenters. The highest BCUT2D eigenvalue weighted by atomic mass is 35.5. The number of rotatable bonds is 2. The van der Waals surface area contributed by atoms with Gasteiger partial charge in [-0.2, -0.15) is 9.97 Å². The lowest BCUT2D eigenvalue weighted by Gasteiger charge is -2.14. The maximum atomic E-state index is 9.90. The minimum atomic E-state index is -0.484. The molecule has 1 aliphatic rings. The van der Waals surface area contributed by atoms with Crippen molar-refractivity contribution < 1.29 is 9.84 Å². The SMILES string of the molecule is CCC1OC(n2cnc3c(N)nc(Cl)nc32)CC1O. The first-order valence-electron chi connectivity index (χ1n) is 6.09. The molecular formula is C11H14ClN5O2. The Morgan fingerprint density at radius 2 is 2.37 bits per heavy atom. The first-order valence-corrected chi connectivity index (χ1v) is 6.47. The molecule has 0 spiro atoms. The Morgan fingerprint density at radius 1 is 1.58 bits per heavy atom. The van der Waals surface area contributed by atoms with Crippen LogP contribution >= 0.6 is 11.6 Å². The summed E-state index contributed by atoms with van der Waals surface area (Å²) < 4.78 is 7.52. The van der Waals surface area contributed by atoms with Crippen molar-refractivity contribution in [1.29, 1.82) is 0 Å². The number of hydrogen-bond acceptors (Lipinski definition) is 6. The molecule has 0 bridgehead atoms. The number of nitrogens with two attached hydrogens (primary N) is 1. The smallest absolute Gasteiger partial charge is 0.226 e. The number of ether oxygens (including phenoxy) is 1. The summed E-state index contributed by atoms with van der Waals surface area (Å²) in [5, 5.41) is 9.96. The molecule has 0 amide bonds. The zero-order chi connectivity index (χ0) is 13.6. The summed E-state index contributed by atoms with van der Waals surface area (Å²) in [5.74, 6) is 0.235. The Bertz CT molecular complexity index is 616. The lowest BCUT2D eigenvalue weighted by molar-refractivity contribution is -0.0183. The van der Waals surface area contributed by atoms with Crippen molar-refractivity contribution in [2.75, 3.05) is 5.73 Å². The van der Waals surface area contributed by atoms with E-state index in [9.17, 15) is 5.11 Å². The van der Waals surface area contributed by atoms with E-state index in [1.165, 1.54) is 0 Å². The number of halogens is 1. The Labute approximate surface area is 114 Å². The fourth-order valence-corrected chi connectivity index (χ4v) is 2.55. The van der Waals surface area contributed by atoms with E-state index in [-0.39, 0.29) is 23.4 Å². The van der Waals surface area contributed by atoms with E-state index in [2.05, 4.69) is 15.0 Å². The van der Waals surface area contributed by atoms with Crippen molar-refractivity contribution in [3.63, 3.8) is 0 Å². The van der Waals surface area contributed by atoms with Crippen LogP contribution in [0.4, 0.5) is 5.82 Å². The van der Waals surface area contributed by atoms with Crippen LogP contribution in [0.2, 0.25) is 5.28 Å².